The third kappa shape index (κ3) is 15.4. The van der Waals surface area contributed by atoms with E-state index in [1.165, 1.54) is 14.7 Å². The summed E-state index contributed by atoms with van der Waals surface area (Å²) in [5.74, 6) is 0.892. The van der Waals surface area contributed by atoms with Crippen LogP contribution in [0.2, 0.25) is 0 Å². The predicted octanol–water partition coefficient (Wildman–Crippen LogP) is 5.96. The van der Waals surface area contributed by atoms with Crippen molar-refractivity contribution in [2.45, 2.75) is 31.2 Å². The van der Waals surface area contributed by atoms with Crippen LogP contribution in [0.5, 0.6) is 5.75 Å². The van der Waals surface area contributed by atoms with E-state index in [0.29, 0.717) is 0 Å². The van der Waals surface area contributed by atoms with Crippen LogP contribution in [0.15, 0.2) is 99.6 Å². The molecule has 0 saturated heterocycles. The van der Waals surface area contributed by atoms with E-state index in [1.54, 1.807) is 7.11 Å². The second-order valence-corrected chi connectivity index (χ2v) is 14.9. The minimum absolute atomic E-state index is 0.0804. The number of benzene rings is 3. The first-order valence-corrected chi connectivity index (χ1v) is 17.2. The highest BCUT2D eigenvalue weighted by molar-refractivity contribution is 8.30. The fourth-order valence-electron chi connectivity index (χ4n) is 2.23. The number of hydrogen-bond donors (Lipinski definition) is 2. The van der Waals surface area contributed by atoms with Crippen molar-refractivity contribution in [3.05, 3.63) is 84.9 Å². The molecule has 0 spiro atoms. The van der Waals surface area contributed by atoms with Crippen molar-refractivity contribution >= 4 is 51.1 Å². The predicted molar refractivity (Wildman–Crippen MR) is 146 cm³/mol. The second-order valence-electron chi connectivity index (χ2n) is 7.35. The molecule has 0 bridgehead atoms. The van der Waals surface area contributed by atoms with Gasteiger partial charge in [-0.3, -0.25) is 9.11 Å². The van der Waals surface area contributed by atoms with E-state index in [4.69, 9.17) is 35.2 Å². The molecule has 1 atom stereocenters. The van der Waals surface area contributed by atoms with Crippen LogP contribution < -0.4 is 4.74 Å². The van der Waals surface area contributed by atoms with Gasteiger partial charge >= 0.3 is 26.6 Å². The first-order valence-electron chi connectivity index (χ1n) is 10.7. The van der Waals surface area contributed by atoms with Crippen molar-refractivity contribution in [3.63, 3.8) is 0 Å². The Balaban J connectivity index is 0.000000671. The zero-order valence-electron chi connectivity index (χ0n) is 21.8. The Labute approximate surface area is 258 Å². The molecule has 0 saturated carbocycles. The molecule has 0 aliphatic carbocycles. The zero-order valence-corrected chi connectivity index (χ0v) is 25.9. The summed E-state index contributed by atoms with van der Waals surface area (Å²) in [6.45, 7) is 0. The van der Waals surface area contributed by atoms with Crippen molar-refractivity contribution in [2.24, 2.45) is 0 Å². The maximum atomic E-state index is 10.9. The fourth-order valence-corrected chi connectivity index (χ4v) is 4.32. The molecule has 0 aliphatic rings. The average molecular weight is 759 g/mol. The molecule has 3 aromatic rings. The van der Waals surface area contributed by atoms with Gasteiger partial charge in [0.2, 0.25) is 8.77 Å². The number of ether oxygens (including phenoxy) is 1. The number of rotatable bonds is 4. The molecule has 0 fully saturated rings. The standard InChI is InChI=1S/C19H17OS.2CHF3O3S.CHF3O2S2/c1-20-16-12-14-19(15-13-16)21(17-8-4-2-5-9-17)18-10-6-3-7-11-18;3*2-1(3,4)8(5,6)7/h2-15H,1H3;3*(H,5,6,7)/q+1;;;/p-1. The minimum atomic E-state index is -6.09. The lowest BCUT2D eigenvalue weighted by molar-refractivity contribution is -0.0519. The molecule has 3 rings (SSSR count). The van der Waals surface area contributed by atoms with E-state index in [1.807, 2.05) is 12.1 Å². The first kappa shape index (κ1) is 42.3. The Morgan fingerprint density at radius 2 is 0.889 bits per heavy atom. The molecular formula is C22H19F9O9S5. The number of methoxy groups -OCH3 is 1. The molecule has 254 valence electrons. The third-order valence-electron chi connectivity index (χ3n) is 4.12. The second kappa shape index (κ2) is 16.8. The summed E-state index contributed by atoms with van der Waals surface area (Å²) in [6.07, 6.45) is 0. The van der Waals surface area contributed by atoms with Gasteiger partial charge in [0.1, 0.15) is 5.75 Å². The van der Waals surface area contributed by atoms with E-state index in [9.17, 15) is 43.7 Å². The lowest BCUT2D eigenvalue weighted by Gasteiger charge is -2.08. The van der Waals surface area contributed by atoms with Crippen LogP contribution in [-0.4, -0.2) is 58.3 Å². The molecule has 0 heterocycles. The van der Waals surface area contributed by atoms with Crippen LogP contribution in [0.25, 0.3) is 0 Å². The van der Waals surface area contributed by atoms with Crippen molar-refractivity contribution in [1.82, 2.24) is 0 Å². The normalized spacial score (nSPS) is 13.5. The summed E-state index contributed by atoms with van der Waals surface area (Å²) < 4.78 is 172. The molecule has 0 aliphatic heterocycles. The molecule has 3 aromatic carbocycles. The Morgan fingerprint density at radius 1 is 0.622 bits per heavy atom. The van der Waals surface area contributed by atoms with Gasteiger partial charge in [0.15, 0.2) is 24.8 Å². The number of hydrogen-bond acceptors (Lipinski definition) is 8. The summed E-state index contributed by atoms with van der Waals surface area (Å²) in [5, 5.41) is 0. The number of alkyl halides is 9. The zero-order chi connectivity index (χ0) is 35.5. The summed E-state index contributed by atoms with van der Waals surface area (Å²) in [7, 11) is -15.3. The van der Waals surface area contributed by atoms with Gasteiger partial charge in [-0.2, -0.15) is 47.9 Å². The van der Waals surface area contributed by atoms with Crippen LogP contribution >= 0.6 is 0 Å². The summed E-state index contributed by atoms with van der Waals surface area (Å²) >= 11 is 3.18. The molecule has 0 radical (unpaired) electrons. The van der Waals surface area contributed by atoms with Gasteiger partial charge in [0.05, 0.1) is 18.0 Å². The molecule has 0 aromatic heterocycles. The average Bonchev–Trinajstić information content (AvgIpc) is 2.88. The van der Waals surface area contributed by atoms with Crippen LogP contribution in [0.3, 0.4) is 0 Å². The van der Waals surface area contributed by atoms with Crippen molar-refractivity contribution in [2.75, 3.05) is 7.11 Å². The Morgan fingerprint density at radius 3 is 1.09 bits per heavy atom. The monoisotopic (exact) mass is 758 g/mol. The highest BCUT2D eigenvalue weighted by Crippen LogP contribution is 2.31. The van der Waals surface area contributed by atoms with Crippen LogP contribution in [-0.2, 0) is 51.1 Å². The summed E-state index contributed by atoms with van der Waals surface area (Å²) in [5.41, 5.74) is -16.3. The minimum Gasteiger partial charge on any atom is -0.741 e. The van der Waals surface area contributed by atoms with E-state index in [0.717, 1.165) is 5.75 Å². The largest absolute Gasteiger partial charge is 0.741 e. The van der Waals surface area contributed by atoms with E-state index >= 15 is 0 Å². The van der Waals surface area contributed by atoms with E-state index < -0.39 is 45.5 Å². The highest BCUT2D eigenvalue weighted by atomic mass is 32.8. The van der Waals surface area contributed by atoms with Crippen molar-refractivity contribution in [1.29, 1.82) is 0 Å². The van der Waals surface area contributed by atoms with Gasteiger partial charge in [-0.25, -0.2) is 12.6 Å². The molecule has 2 N–H and O–H groups in total. The highest BCUT2D eigenvalue weighted by Gasteiger charge is 2.44. The number of halogens is 9. The molecule has 9 nitrogen and oxygen atoms in total. The molecule has 23 heteroatoms. The van der Waals surface area contributed by atoms with Crippen molar-refractivity contribution < 1.29 is 79.0 Å². The maximum absolute atomic E-state index is 10.9. The Bertz CT molecular complexity index is 1510. The molecule has 45 heavy (non-hydrogen) atoms. The summed E-state index contributed by atoms with van der Waals surface area (Å²) in [6, 6.07) is 29.7. The van der Waals surface area contributed by atoms with Crippen LogP contribution in [0, 0.1) is 0 Å². The topological polar surface area (TPSA) is 158 Å². The Kier molecular flexibility index (Phi) is 15.8. The SMILES string of the molecule is COc1ccc([S+](c2ccccc2)c2ccccc2)cc1.O=S(=O)(O)C(F)(F)F.O=S(=O)([O-])C(F)(F)F.O=S(O)(=S)C(F)(F)F. The van der Waals surface area contributed by atoms with Gasteiger partial charge in [-0.15, -0.1) is 0 Å². The van der Waals surface area contributed by atoms with Gasteiger partial charge in [0.25, 0.3) is 0 Å². The lowest BCUT2D eigenvalue weighted by atomic mass is 10.3. The Hall–Kier alpha value is -2.67. The molecule has 0 amide bonds. The van der Waals surface area contributed by atoms with Gasteiger partial charge in [-0.1, -0.05) is 36.4 Å². The van der Waals surface area contributed by atoms with Gasteiger partial charge < -0.3 is 9.29 Å². The van der Waals surface area contributed by atoms with Gasteiger partial charge in [-0.05, 0) is 48.5 Å². The van der Waals surface area contributed by atoms with E-state index in [-0.39, 0.29) is 10.9 Å². The van der Waals surface area contributed by atoms with Crippen molar-refractivity contribution in [3.8, 4) is 5.75 Å². The first-order chi connectivity index (χ1) is 20.1. The van der Waals surface area contributed by atoms with E-state index in [2.05, 4.69) is 84.0 Å². The van der Waals surface area contributed by atoms with Crippen LogP contribution in [0.1, 0.15) is 0 Å². The summed E-state index contributed by atoms with van der Waals surface area (Å²) in [4.78, 5) is 3.95. The third-order valence-corrected chi connectivity index (χ3v) is 8.66. The van der Waals surface area contributed by atoms with Crippen LogP contribution in [0.4, 0.5) is 39.5 Å². The molecule has 1 unspecified atom stereocenters. The maximum Gasteiger partial charge on any atom is 0.522 e. The molecular weight excluding hydrogens is 740 g/mol. The lowest BCUT2D eigenvalue weighted by Crippen LogP contribution is -2.21. The fraction of sp³-hybridized carbons (Fsp3) is 0.182. The smallest absolute Gasteiger partial charge is 0.522 e. The quantitative estimate of drug-likeness (QED) is 0.141. The van der Waals surface area contributed by atoms with Gasteiger partial charge in [0, 0.05) is 11.2 Å².